The van der Waals surface area contributed by atoms with E-state index in [9.17, 15) is 9.59 Å². The molecule has 1 heterocycles. The molecule has 0 saturated heterocycles. The van der Waals surface area contributed by atoms with Gasteiger partial charge in [-0.05, 0) is 42.5 Å². The number of benzene rings is 2. The van der Waals surface area contributed by atoms with Crippen LogP contribution in [0.4, 0.5) is 5.69 Å². The molecule has 0 aliphatic carbocycles. The monoisotopic (exact) mass is 422 g/mol. The van der Waals surface area contributed by atoms with Crippen LogP contribution in [0.2, 0.25) is 0 Å². The Hall–Kier alpha value is -4.20. The van der Waals surface area contributed by atoms with Crippen molar-refractivity contribution in [2.45, 2.75) is 0 Å². The number of nitrogens with one attached hydrogen (secondary N) is 2. The molecule has 0 saturated carbocycles. The van der Waals surface area contributed by atoms with Crippen LogP contribution in [0.3, 0.4) is 0 Å². The summed E-state index contributed by atoms with van der Waals surface area (Å²) < 4.78 is 21.0. The Morgan fingerprint density at radius 3 is 2.29 bits per heavy atom. The van der Waals surface area contributed by atoms with Gasteiger partial charge in [0.1, 0.15) is 17.2 Å². The van der Waals surface area contributed by atoms with Crippen LogP contribution in [0.25, 0.3) is 6.08 Å². The number of para-hydroxylation sites is 2. The maximum atomic E-state index is 13.0. The molecular weight excluding hydrogens is 400 g/mol. The van der Waals surface area contributed by atoms with Crippen molar-refractivity contribution >= 4 is 23.6 Å². The predicted molar refractivity (Wildman–Crippen MR) is 115 cm³/mol. The van der Waals surface area contributed by atoms with Crippen molar-refractivity contribution in [2.24, 2.45) is 0 Å². The lowest BCUT2D eigenvalue weighted by Gasteiger charge is -2.14. The van der Waals surface area contributed by atoms with Crippen molar-refractivity contribution in [1.82, 2.24) is 5.32 Å². The minimum Gasteiger partial charge on any atom is -0.495 e. The van der Waals surface area contributed by atoms with Gasteiger partial charge in [0.2, 0.25) is 0 Å². The van der Waals surface area contributed by atoms with E-state index >= 15 is 0 Å². The minimum absolute atomic E-state index is 0.0133. The molecule has 31 heavy (non-hydrogen) atoms. The van der Waals surface area contributed by atoms with Crippen LogP contribution in [-0.4, -0.2) is 33.1 Å². The maximum absolute atomic E-state index is 13.0. The quantitative estimate of drug-likeness (QED) is 0.537. The summed E-state index contributed by atoms with van der Waals surface area (Å²) >= 11 is 0. The van der Waals surface area contributed by atoms with Gasteiger partial charge in [0.05, 0.1) is 33.3 Å². The first kappa shape index (κ1) is 21.5. The first-order valence-corrected chi connectivity index (χ1v) is 9.28. The van der Waals surface area contributed by atoms with Crippen LogP contribution in [0.15, 0.2) is 71.0 Å². The number of anilines is 1. The minimum atomic E-state index is -0.547. The number of methoxy groups -OCH3 is 3. The summed E-state index contributed by atoms with van der Waals surface area (Å²) in [6.07, 6.45) is 2.90. The van der Waals surface area contributed by atoms with Crippen LogP contribution < -0.4 is 24.8 Å². The SMILES string of the molecule is COc1ccccc1NC(=O)/C(=C/c1ccco1)NC(=O)c1ccc(OC)c(OC)c1. The molecule has 0 bridgehead atoms. The van der Waals surface area contributed by atoms with Gasteiger partial charge in [0, 0.05) is 11.6 Å². The lowest BCUT2D eigenvalue weighted by atomic mass is 10.1. The average Bonchev–Trinajstić information content (AvgIpc) is 3.31. The van der Waals surface area contributed by atoms with E-state index in [0.29, 0.717) is 28.7 Å². The van der Waals surface area contributed by atoms with Crippen LogP contribution in [0, 0.1) is 0 Å². The second kappa shape index (κ2) is 10.0. The largest absolute Gasteiger partial charge is 0.495 e. The average molecular weight is 422 g/mol. The molecule has 2 N–H and O–H groups in total. The zero-order valence-corrected chi connectivity index (χ0v) is 17.3. The van der Waals surface area contributed by atoms with E-state index in [-0.39, 0.29) is 11.3 Å². The molecule has 0 aliphatic rings. The van der Waals surface area contributed by atoms with E-state index < -0.39 is 11.8 Å². The number of hydrogen-bond donors (Lipinski definition) is 2. The van der Waals surface area contributed by atoms with Crippen molar-refractivity contribution in [3.05, 3.63) is 77.9 Å². The number of rotatable bonds is 8. The van der Waals surface area contributed by atoms with Gasteiger partial charge in [-0.1, -0.05) is 12.1 Å². The third-order valence-corrected chi connectivity index (χ3v) is 4.32. The summed E-state index contributed by atoms with van der Waals surface area (Å²) in [5.41, 5.74) is 0.731. The van der Waals surface area contributed by atoms with Gasteiger partial charge >= 0.3 is 0 Å². The molecule has 3 rings (SSSR count). The maximum Gasteiger partial charge on any atom is 0.272 e. The Bertz CT molecular complexity index is 1090. The number of ether oxygens (including phenoxy) is 3. The Labute approximate surface area is 179 Å². The smallest absolute Gasteiger partial charge is 0.272 e. The van der Waals surface area contributed by atoms with Crippen molar-refractivity contribution in [1.29, 1.82) is 0 Å². The fraction of sp³-hybridized carbons (Fsp3) is 0.130. The summed E-state index contributed by atoms with van der Waals surface area (Å²) in [5.74, 6) is 0.713. The van der Waals surface area contributed by atoms with Crippen molar-refractivity contribution in [3.8, 4) is 17.2 Å². The first-order chi connectivity index (χ1) is 15.0. The normalized spacial score (nSPS) is 10.9. The Balaban J connectivity index is 1.88. The van der Waals surface area contributed by atoms with Gasteiger partial charge in [-0.3, -0.25) is 9.59 Å². The van der Waals surface area contributed by atoms with Gasteiger partial charge in [0.15, 0.2) is 11.5 Å². The molecule has 0 aliphatic heterocycles. The number of carbonyl (C=O) groups is 2. The van der Waals surface area contributed by atoms with Crippen LogP contribution >= 0.6 is 0 Å². The first-order valence-electron chi connectivity index (χ1n) is 9.28. The molecule has 0 unspecified atom stereocenters. The van der Waals surface area contributed by atoms with Gasteiger partial charge in [-0.15, -0.1) is 0 Å². The Morgan fingerprint density at radius 1 is 0.871 bits per heavy atom. The molecule has 8 heteroatoms. The highest BCUT2D eigenvalue weighted by Gasteiger charge is 2.18. The van der Waals surface area contributed by atoms with Gasteiger partial charge in [-0.2, -0.15) is 0 Å². The zero-order valence-electron chi connectivity index (χ0n) is 17.3. The van der Waals surface area contributed by atoms with Crippen molar-refractivity contribution in [3.63, 3.8) is 0 Å². The lowest BCUT2D eigenvalue weighted by molar-refractivity contribution is -0.113. The second-order valence-electron chi connectivity index (χ2n) is 6.25. The van der Waals surface area contributed by atoms with Crippen molar-refractivity contribution in [2.75, 3.05) is 26.6 Å². The van der Waals surface area contributed by atoms with E-state index in [1.165, 1.54) is 39.7 Å². The molecule has 160 valence electrons. The fourth-order valence-corrected chi connectivity index (χ4v) is 2.78. The molecule has 0 atom stereocenters. The molecule has 8 nitrogen and oxygen atoms in total. The molecule has 1 aromatic heterocycles. The lowest BCUT2D eigenvalue weighted by Crippen LogP contribution is -2.30. The highest BCUT2D eigenvalue weighted by Crippen LogP contribution is 2.28. The Morgan fingerprint density at radius 2 is 1.61 bits per heavy atom. The number of hydrogen-bond acceptors (Lipinski definition) is 6. The van der Waals surface area contributed by atoms with E-state index in [2.05, 4.69) is 10.6 Å². The van der Waals surface area contributed by atoms with Gasteiger partial charge in [0.25, 0.3) is 11.8 Å². The Kier molecular flexibility index (Phi) is 6.95. The molecule has 2 amide bonds. The summed E-state index contributed by atoms with van der Waals surface area (Å²) in [5, 5.41) is 5.37. The molecule has 0 fully saturated rings. The van der Waals surface area contributed by atoms with E-state index in [4.69, 9.17) is 18.6 Å². The third kappa shape index (κ3) is 5.24. The summed E-state index contributed by atoms with van der Waals surface area (Å²) in [7, 11) is 4.48. The predicted octanol–water partition coefficient (Wildman–Crippen LogP) is 3.72. The summed E-state index contributed by atoms with van der Waals surface area (Å²) in [4.78, 5) is 25.8. The van der Waals surface area contributed by atoms with Crippen LogP contribution in [0.5, 0.6) is 17.2 Å². The topological polar surface area (TPSA) is 99.0 Å². The van der Waals surface area contributed by atoms with E-state index in [1.807, 2.05) is 0 Å². The summed E-state index contributed by atoms with van der Waals surface area (Å²) in [6, 6.07) is 15.0. The second-order valence-corrected chi connectivity index (χ2v) is 6.25. The number of furan rings is 1. The standard InChI is InChI=1S/C23H22N2O6/c1-28-19-9-5-4-8-17(19)24-23(27)18(14-16-7-6-12-31-16)25-22(26)15-10-11-20(29-2)21(13-15)30-3/h4-14H,1-3H3,(H,24,27)(H,25,26)/b18-14-. The third-order valence-electron chi connectivity index (χ3n) is 4.32. The fourth-order valence-electron chi connectivity index (χ4n) is 2.78. The van der Waals surface area contributed by atoms with Crippen LogP contribution in [0.1, 0.15) is 16.1 Å². The number of carbonyl (C=O) groups excluding carboxylic acids is 2. The molecule has 0 radical (unpaired) electrons. The van der Waals surface area contributed by atoms with Crippen LogP contribution in [-0.2, 0) is 4.79 Å². The van der Waals surface area contributed by atoms with E-state index in [1.54, 1.807) is 48.5 Å². The number of amides is 2. The van der Waals surface area contributed by atoms with Gasteiger partial charge in [-0.25, -0.2) is 0 Å². The molecule has 3 aromatic rings. The van der Waals surface area contributed by atoms with E-state index in [0.717, 1.165) is 0 Å². The highest BCUT2D eigenvalue weighted by molar-refractivity contribution is 6.11. The zero-order chi connectivity index (χ0) is 22.2. The molecule has 0 spiro atoms. The summed E-state index contributed by atoms with van der Waals surface area (Å²) in [6.45, 7) is 0. The van der Waals surface area contributed by atoms with Crippen molar-refractivity contribution < 1.29 is 28.2 Å². The van der Waals surface area contributed by atoms with Gasteiger partial charge < -0.3 is 29.3 Å². The highest BCUT2D eigenvalue weighted by atomic mass is 16.5. The molecule has 2 aromatic carbocycles. The molecular formula is C23H22N2O6.